The van der Waals surface area contributed by atoms with Gasteiger partial charge in [0, 0.05) is 18.7 Å². The number of aliphatic imine (C=N–C) groups is 2. The second-order valence-electron chi connectivity index (χ2n) is 13.9. The van der Waals surface area contributed by atoms with Crippen LogP contribution in [0.2, 0.25) is 0 Å². The highest BCUT2D eigenvalue weighted by Crippen LogP contribution is 2.37. The van der Waals surface area contributed by atoms with Gasteiger partial charge in [0.05, 0.1) is 17.3 Å². The van der Waals surface area contributed by atoms with E-state index in [0.29, 0.717) is 60.9 Å². The Morgan fingerprint density at radius 1 is 1.02 bits per heavy atom. The van der Waals surface area contributed by atoms with Crippen molar-refractivity contribution in [3.63, 3.8) is 0 Å². The first-order chi connectivity index (χ1) is 21.0. The van der Waals surface area contributed by atoms with Crippen molar-refractivity contribution in [2.45, 2.75) is 116 Å². The molecule has 1 aliphatic carbocycles. The van der Waals surface area contributed by atoms with Crippen LogP contribution in [0.5, 0.6) is 0 Å². The van der Waals surface area contributed by atoms with Crippen molar-refractivity contribution >= 4 is 29.7 Å². The predicted octanol–water partition coefficient (Wildman–Crippen LogP) is 7.45. The number of alkyl carbamates (subject to hydrolysis) is 1. The predicted molar refractivity (Wildman–Crippen MR) is 168 cm³/mol. The van der Waals surface area contributed by atoms with Gasteiger partial charge in [-0.2, -0.15) is 13.2 Å². The molecule has 0 bridgehead atoms. The van der Waals surface area contributed by atoms with Crippen molar-refractivity contribution in [1.82, 2.24) is 15.5 Å². The molecule has 0 spiro atoms. The van der Waals surface area contributed by atoms with Crippen LogP contribution in [0.25, 0.3) is 5.70 Å². The van der Waals surface area contributed by atoms with Crippen molar-refractivity contribution in [3.05, 3.63) is 41.0 Å². The number of benzene rings is 1. The molecule has 1 atom stereocenters. The fourth-order valence-electron chi connectivity index (χ4n) is 5.95. The summed E-state index contributed by atoms with van der Waals surface area (Å²) in [5.74, 6) is 0.951. The van der Waals surface area contributed by atoms with Gasteiger partial charge < -0.3 is 19.7 Å². The first-order valence-electron chi connectivity index (χ1n) is 15.8. The maximum atomic E-state index is 14.2. The minimum Gasteiger partial charge on any atom is -0.444 e. The molecule has 3 aliphatic rings. The molecule has 1 aromatic carbocycles. The van der Waals surface area contributed by atoms with Gasteiger partial charge >= 0.3 is 18.4 Å². The van der Waals surface area contributed by atoms with Crippen LogP contribution >= 0.6 is 0 Å². The molecule has 45 heavy (non-hydrogen) atoms. The van der Waals surface area contributed by atoms with Crippen LogP contribution in [0.3, 0.4) is 0 Å². The van der Waals surface area contributed by atoms with Gasteiger partial charge in [0.1, 0.15) is 17.0 Å². The van der Waals surface area contributed by atoms with E-state index in [1.807, 2.05) is 0 Å². The van der Waals surface area contributed by atoms with Gasteiger partial charge in [0.25, 0.3) is 0 Å². The van der Waals surface area contributed by atoms with Crippen LogP contribution in [0.15, 0.2) is 34.3 Å². The van der Waals surface area contributed by atoms with E-state index in [9.17, 15) is 22.8 Å². The molecule has 2 N–H and O–H groups in total. The van der Waals surface area contributed by atoms with E-state index in [-0.39, 0.29) is 5.96 Å². The van der Waals surface area contributed by atoms with E-state index in [1.54, 1.807) is 64.7 Å². The number of carbonyl (C=O) groups excluding carboxylic acids is 2. The lowest BCUT2D eigenvalue weighted by atomic mass is 9.93. The number of likely N-dealkylation sites (tertiary alicyclic amines) is 1. The molecule has 0 aromatic heterocycles. The number of alkyl halides is 3. The highest BCUT2D eigenvalue weighted by molar-refractivity contribution is 6.03. The van der Waals surface area contributed by atoms with Crippen LogP contribution in [0.1, 0.15) is 103 Å². The number of carbonyl (C=O) groups is 2. The van der Waals surface area contributed by atoms with Crippen molar-refractivity contribution in [1.29, 1.82) is 0 Å². The average molecular weight is 634 g/mol. The quantitative estimate of drug-likeness (QED) is 0.258. The Morgan fingerprint density at radius 2 is 1.71 bits per heavy atom. The first-order valence-corrected chi connectivity index (χ1v) is 15.8. The van der Waals surface area contributed by atoms with Gasteiger partial charge in [-0.25, -0.2) is 14.6 Å². The third-order valence-corrected chi connectivity index (χ3v) is 7.87. The number of amidine groups is 1. The number of hydrogen-bond acceptors (Lipinski definition) is 6. The Balaban J connectivity index is 1.60. The molecule has 4 rings (SSSR count). The molecule has 248 valence electrons. The van der Waals surface area contributed by atoms with E-state index in [0.717, 1.165) is 32.1 Å². The van der Waals surface area contributed by atoms with Gasteiger partial charge in [0.2, 0.25) is 5.96 Å². The third kappa shape index (κ3) is 9.96. The fraction of sp³-hybridized carbons (Fsp3) is 0.636. The number of aryl methyl sites for hydroxylation is 1. The van der Waals surface area contributed by atoms with Gasteiger partial charge in [-0.3, -0.25) is 5.32 Å². The summed E-state index contributed by atoms with van der Waals surface area (Å²) in [5, 5.41) is 5.83. The fourth-order valence-corrected chi connectivity index (χ4v) is 5.95. The molecule has 1 saturated carbocycles. The Labute approximate surface area is 263 Å². The van der Waals surface area contributed by atoms with Crippen molar-refractivity contribution in [2.24, 2.45) is 15.9 Å². The lowest BCUT2D eigenvalue weighted by molar-refractivity contribution is -0.138. The number of hydrogen-bond donors (Lipinski definition) is 2. The molecule has 9 nitrogen and oxygen atoms in total. The maximum Gasteiger partial charge on any atom is 0.437 e. The van der Waals surface area contributed by atoms with Crippen LogP contribution < -0.4 is 10.6 Å². The standard InChI is InChI=1S/C33H46F3N5O4/c1-31(2,3)44-29(42)39-28(40-30(43)45-32(4,5)6)41-19-9-12-26(41)27-37-18-17-25(38-27)23-16-15-22(24(20-23)33(34,35)36)14-13-21-10-7-8-11-21/h15-17,20-21,26H,7-14,18-19H2,1-6H3,(H,37,38)(H,39,40,42,43). The van der Waals surface area contributed by atoms with E-state index >= 15 is 0 Å². The molecule has 12 heteroatoms. The Hall–Kier alpha value is -3.57. The lowest BCUT2D eigenvalue weighted by Crippen LogP contribution is -2.53. The normalized spacial score (nSPS) is 20.0. The summed E-state index contributed by atoms with van der Waals surface area (Å²) in [7, 11) is 0. The lowest BCUT2D eigenvalue weighted by Gasteiger charge is -2.31. The zero-order valence-electron chi connectivity index (χ0n) is 27.1. The zero-order chi connectivity index (χ0) is 33.0. The summed E-state index contributed by atoms with van der Waals surface area (Å²) in [4.78, 5) is 36.0. The number of rotatable bonds is 5. The van der Waals surface area contributed by atoms with E-state index in [1.165, 1.54) is 6.07 Å². The minimum atomic E-state index is -4.48. The molecule has 2 aliphatic heterocycles. The van der Waals surface area contributed by atoms with Gasteiger partial charge in [-0.15, -0.1) is 4.99 Å². The smallest absolute Gasteiger partial charge is 0.437 e. The molecular formula is C33H46F3N5O4. The number of ether oxygens (including phenoxy) is 2. The molecule has 2 amide bonds. The monoisotopic (exact) mass is 633 g/mol. The van der Waals surface area contributed by atoms with E-state index < -0.39 is 41.2 Å². The minimum absolute atomic E-state index is 0.0485. The van der Waals surface area contributed by atoms with Crippen molar-refractivity contribution < 1.29 is 32.2 Å². The number of nitrogens with zero attached hydrogens (tertiary/aromatic N) is 3. The second-order valence-corrected chi connectivity index (χ2v) is 13.9. The molecule has 1 unspecified atom stereocenters. The largest absolute Gasteiger partial charge is 0.444 e. The van der Waals surface area contributed by atoms with Crippen molar-refractivity contribution in [3.8, 4) is 0 Å². The Bertz CT molecular complexity index is 1340. The summed E-state index contributed by atoms with van der Waals surface area (Å²) in [5.41, 5.74) is -1.10. The van der Waals surface area contributed by atoms with Gasteiger partial charge in [0.15, 0.2) is 0 Å². The maximum absolute atomic E-state index is 14.2. The van der Waals surface area contributed by atoms with E-state index in [2.05, 4.69) is 15.6 Å². The molecule has 0 radical (unpaired) electrons. The van der Waals surface area contributed by atoms with E-state index in [4.69, 9.17) is 14.5 Å². The second kappa shape index (κ2) is 13.8. The van der Waals surface area contributed by atoms with Gasteiger partial charge in [-0.1, -0.05) is 37.8 Å². The van der Waals surface area contributed by atoms with Crippen LogP contribution in [-0.4, -0.2) is 59.2 Å². The summed E-state index contributed by atoms with van der Waals surface area (Å²) >= 11 is 0. The summed E-state index contributed by atoms with van der Waals surface area (Å²) in [6, 6.07) is 4.07. The summed E-state index contributed by atoms with van der Waals surface area (Å²) in [6.45, 7) is 11.1. The number of nitrogens with one attached hydrogen (secondary N) is 2. The highest BCUT2D eigenvalue weighted by atomic mass is 19.4. The zero-order valence-corrected chi connectivity index (χ0v) is 27.1. The topological polar surface area (TPSA) is 105 Å². The van der Waals surface area contributed by atoms with Crippen LogP contribution in [0, 0.1) is 5.92 Å². The van der Waals surface area contributed by atoms with Crippen molar-refractivity contribution in [2.75, 3.05) is 13.1 Å². The summed E-state index contributed by atoms with van der Waals surface area (Å²) in [6.07, 6.45) is 2.56. The highest BCUT2D eigenvalue weighted by Gasteiger charge is 2.36. The van der Waals surface area contributed by atoms with Crippen LogP contribution in [0.4, 0.5) is 22.8 Å². The molecule has 1 saturated heterocycles. The van der Waals surface area contributed by atoms with Crippen LogP contribution in [-0.2, 0) is 22.1 Å². The molecule has 2 fully saturated rings. The number of amides is 2. The Kier molecular flexibility index (Phi) is 10.5. The summed E-state index contributed by atoms with van der Waals surface area (Å²) < 4.78 is 53.4. The van der Waals surface area contributed by atoms with Gasteiger partial charge in [-0.05, 0) is 90.8 Å². The first kappa shape index (κ1) is 34.3. The molecule has 1 aromatic rings. The molecular weight excluding hydrogens is 587 g/mol. The molecule has 2 heterocycles. The third-order valence-electron chi connectivity index (χ3n) is 7.87. The average Bonchev–Trinajstić information content (AvgIpc) is 3.61. The SMILES string of the molecule is CC(C)(C)OC(=O)N=C(NC(=O)OC(C)(C)C)N1CCCC1C1=NC(c2ccc(CCC3CCCC3)c(C(F)(F)F)c2)=CCN1. The Morgan fingerprint density at radius 3 is 2.36 bits per heavy atom. The number of guanidine groups is 1. The number of halogens is 3.